The number of esters is 1. The SMILES string of the molecule is CC(C)(C)OC(=O)N[C@@H](Cc1ccc(O)cc1)C(=O)OCCCC1OC(C)(C)C(C)(C)O1. The lowest BCUT2D eigenvalue weighted by Crippen LogP contribution is -2.45. The number of phenolic OH excluding ortho intramolecular Hbond substituents is 1. The van der Waals surface area contributed by atoms with Crippen LogP contribution in [0.5, 0.6) is 5.75 Å². The fraction of sp³-hybridized carbons (Fsp3) is 0.667. The van der Waals surface area contributed by atoms with Gasteiger partial charge in [-0.15, -0.1) is 0 Å². The van der Waals surface area contributed by atoms with Gasteiger partial charge in [-0.1, -0.05) is 12.1 Å². The van der Waals surface area contributed by atoms with Gasteiger partial charge in [0.25, 0.3) is 0 Å². The van der Waals surface area contributed by atoms with Crippen molar-refractivity contribution in [3.8, 4) is 5.75 Å². The van der Waals surface area contributed by atoms with E-state index >= 15 is 0 Å². The summed E-state index contributed by atoms with van der Waals surface area (Å²) in [6.07, 6.45) is 0.292. The minimum absolute atomic E-state index is 0.121. The summed E-state index contributed by atoms with van der Waals surface area (Å²) in [5.74, 6) is -0.437. The molecule has 1 saturated heterocycles. The second-order valence-electron chi connectivity index (χ2n) is 10.1. The molecule has 0 radical (unpaired) electrons. The first-order chi connectivity index (χ1) is 14.7. The second-order valence-corrected chi connectivity index (χ2v) is 10.1. The van der Waals surface area contributed by atoms with Gasteiger partial charge in [0.2, 0.25) is 0 Å². The highest BCUT2D eigenvalue weighted by Gasteiger charge is 2.48. The third-order valence-corrected chi connectivity index (χ3v) is 5.48. The number of aromatic hydroxyl groups is 1. The maximum absolute atomic E-state index is 12.7. The van der Waals surface area contributed by atoms with Crippen molar-refractivity contribution in [2.45, 2.75) is 96.9 Å². The highest BCUT2D eigenvalue weighted by atomic mass is 16.7. The van der Waals surface area contributed by atoms with Crippen LogP contribution in [0, 0.1) is 0 Å². The van der Waals surface area contributed by atoms with Crippen LogP contribution in [0.3, 0.4) is 0 Å². The van der Waals surface area contributed by atoms with E-state index in [0.717, 1.165) is 5.56 Å². The molecule has 8 nitrogen and oxygen atoms in total. The molecular weight excluding hydrogens is 414 g/mol. The van der Waals surface area contributed by atoms with E-state index in [9.17, 15) is 14.7 Å². The summed E-state index contributed by atoms with van der Waals surface area (Å²) in [6.45, 7) is 13.4. The Hall–Kier alpha value is -2.32. The summed E-state index contributed by atoms with van der Waals surface area (Å²) in [7, 11) is 0. The van der Waals surface area contributed by atoms with E-state index in [0.29, 0.717) is 12.8 Å². The lowest BCUT2D eigenvalue weighted by atomic mass is 9.90. The van der Waals surface area contributed by atoms with Gasteiger partial charge in [-0.05, 0) is 72.6 Å². The number of ether oxygens (including phenoxy) is 4. The monoisotopic (exact) mass is 451 g/mol. The molecule has 0 bridgehead atoms. The Kier molecular flexibility index (Phi) is 8.17. The number of hydrogen-bond donors (Lipinski definition) is 2. The number of benzene rings is 1. The first-order valence-electron chi connectivity index (χ1n) is 11.0. The average molecular weight is 452 g/mol. The van der Waals surface area contributed by atoms with Gasteiger partial charge in [0.05, 0.1) is 17.8 Å². The van der Waals surface area contributed by atoms with Crippen molar-refractivity contribution in [1.29, 1.82) is 0 Å². The first kappa shape index (κ1) is 25.9. The largest absolute Gasteiger partial charge is 0.508 e. The molecule has 1 aliphatic heterocycles. The van der Waals surface area contributed by atoms with E-state index in [1.165, 1.54) is 12.1 Å². The highest BCUT2D eigenvalue weighted by molar-refractivity contribution is 5.81. The Morgan fingerprint density at radius 1 is 1.09 bits per heavy atom. The molecule has 1 heterocycles. The topological polar surface area (TPSA) is 103 Å². The summed E-state index contributed by atoms with van der Waals surface area (Å²) >= 11 is 0. The number of hydrogen-bond acceptors (Lipinski definition) is 7. The molecular formula is C24H37NO7. The Morgan fingerprint density at radius 3 is 2.19 bits per heavy atom. The maximum Gasteiger partial charge on any atom is 0.408 e. The van der Waals surface area contributed by atoms with E-state index in [4.69, 9.17) is 18.9 Å². The van der Waals surface area contributed by atoms with E-state index in [1.54, 1.807) is 32.9 Å². The van der Waals surface area contributed by atoms with Gasteiger partial charge >= 0.3 is 12.1 Å². The molecule has 1 fully saturated rings. The number of amides is 1. The summed E-state index contributed by atoms with van der Waals surface area (Å²) in [5, 5.41) is 12.1. The molecule has 0 spiro atoms. The fourth-order valence-electron chi connectivity index (χ4n) is 3.12. The Balaban J connectivity index is 1.90. The van der Waals surface area contributed by atoms with Crippen molar-refractivity contribution in [3.63, 3.8) is 0 Å². The van der Waals surface area contributed by atoms with Crippen molar-refractivity contribution in [2.24, 2.45) is 0 Å². The van der Waals surface area contributed by atoms with Crippen molar-refractivity contribution in [1.82, 2.24) is 5.32 Å². The van der Waals surface area contributed by atoms with Gasteiger partial charge in [0, 0.05) is 12.8 Å². The van der Waals surface area contributed by atoms with Crippen LogP contribution in [0.4, 0.5) is 4.79 Å². The quantitative estimate of drug-likeness (QED) is 0.453. The van der Waals surface area contributed by atoms with Crippen LogP contribution in [0.15, 0.2) is 24.3 Å². The van der Waals surface area contributed by atoms with Gasteiger partial charge < -0.3 is 29.4 Å². The summed E-state index contributed by atoms with van der Waals surface area (Å²) < 4.78 is 22.6. The molecule has 8 heteroatoms. The van der Waals surface area contributed by atoms with Crippen molar-refractivity contribution < 1.29 is 33.6 Å². The van der Waals surface area contributed by atoms with Crippen LogP contribution >= 0.6 is 0 Å². The Bertz CT molecular complexity index is 765. The van der Waals surface area contributed by atoms with Crippen LogP contribution in [0.1, 0.15) is 66.9 Å². The smallest absolute Gasteiger partial charge is 0.408 e. The zero-order valence-electron chi connectivity index (χ0n) is 20.2. The van der Waals surface area contributed by atoms with Gasteiger partial charge in [0.1, 0.15) is 17.4 Å². The molecule has 1 aromatic rings. The minimum atomic E-state index is -0.925. The van der Waals surface area contributed by atoms with Crippen molar-refractivity contribution >= 4 is 12.1 Å². The molecule has 1 amide bonds. The van der Waals surface area contributed by atoms with Crippen molar-refractivity contribution in [2.75, 3.05) is 6.61 Å². The van der Waals surface area contributed by atoms with Gasteiger partial charge in [-0.2, -0.15) is 0 Å². The molecule has 1 aliphatic rings. The lowest BCUT2D eigenvalue weighted by Gasteiger charge is -2.30. The summed E-state index contributed by atoms with van der Waals surface area (Å²) in [4.78, 5) is 24.9. The van der Waals surface area contributed by atoms with E-state index < -0.39 is 34.9 Å². The molecule has 1 aromatic carbocycles. The van der Waals surface area contributed by atoms with Gasteiger partial charge in [0.15, 0.2) is 6.29 Å². The molecule has 2 rings (SSSR count). The Labute approximate surface area is 190 Å². The molecule has 0 aliphatic carbocycles. The van der Waals surface area contributed by atoms with Crippen LogP contribution < -0.4 is 5.32 Å². The fourth-order valence-corrected chi connectivity index (χ4v) is 3.12. The lowest BCUT2D eigenvalue weighted by molar-refractivity contribution is -0.147. The molecule has 0 saturated carbocycles. The molecule has 0 unspecified atom stereocenters. The standard InChI is InChI=1S/C24H37NO7/c1-22(2,3)32-21(28)25-18(15-16-10-12-17(26)13-11-16)20(27)29-14-8-9-19-30-23(4,5)24(6,7)31-19/h10-13,18-19,26H,8-9,14-15H2,1-7H3,(H,25,28)/t18-/m0/s1. The van der Waals surface area contributed by atoms with Crippen LogP contribution in [0.25, 0.3) is 0 Å². The van der Waals surface area contributed by atoms with Crippen LogP contribution in [-0.4, -0.2) is 52.9 Å². The molecule has 1 atom stereocenters. The van der Waals surface area contributed by atoms with E-state index in [2.05, 4.69) is 5.32 Å². The molecule has 0 aromatic heterocycles. The van der Waals surface area contributed by atoms with Crippen LogP contribution in [-0.2, 0) is 30.2 Å². The van der Waals surface area contributed by atoms with E-state index in [1.807, 2.05) is 27.7 Å². The summed E-state index contributed by atoms with van der Waals surface area (Å²) in [5.41, 5.74) is -0.736. The minimum Gasteiger partial charge on any atom is -0.508 e. The number of alkyl carbamates (subject to hydrolysis) is 1. The van der Waals surface area contributed by atoms with Gasteiger partial charge in [-0.25, -0.2) is 9.59 Å². The normalized spacial score (nSPS) is 18.7. The maximum atomic E-state index is 12.7. The average Bonchev–Trinajstić information content (AvgIpc) is 2.85. The van der Waals surface area contributed by atoms with Crippen molar-refractivity contribution in [3.05, 3.63) is 29.8 Å². The first-order valence-corrected chi connectivity index (χ1v) is 11.0. The number of carbonyl (C=O) groups is 2. The molecule has 180 valence electrons. The second kappa shape index (κ2) is 10.1. The molecule has 32 heavy (non-hydrogen) atoms. The van der Waals surface area contributed by atoms with Gasteiger partial charge in [-0.3, -0.25) is 0 Å². The number of rotatable bonds is 8. The predicted octanol–water partition coefficient (Wildman–Crippen LogP) is 4.08. The third kappa shape index (κ3) is 7.67. The number of nitrogens with one attached hydrogen (secondary N) is 1. The zero-order chi connectivity index (χ0) is 24.2. The predicted molar refractivity (Wildman–Crippen MR) is 119 cm³/mol. The zero-order valence-corrected chi connectivity index (χ0v) is 20.2. The molecule has 2 N–H and O–H groups in total. The highest BCUT2D eigenvalue weighted by Crippen LogP contribution is 2.39. The Morgan fingerprint density at radius 2 is 1.66 bits per heavy atom. The number of carbonyl (C=O) groups excluding carboxylic acids is 2. The van der Waals surface area contributed by atoms with Crippen LogP contribution in [0.2, 0.25) is 0 Å². The number of phenols is 1. The third-order valence-electron chi connectivity index (χ3n) is 5.48. The summed E-state index contributed by atoms with van der Waals surface area (Å²) in [6, 6.07) is 5.49. The van der Waals surface area contributed by atoms with E-state index in [-0.39, 0.29) is 25.1 Å².